The number of nitrogens with one attached hydrogen (secondary N) is 2. The molecule has 0 saturated heterocycles. The van der Waals surface area contributed by atoms with Crippen LogP contribution >= 0.6 is 0 Å². The Morgan fingerprint density at radius 1 is 0.939 bits per heavy atom. The van der Waals surface area contributed by atoms with E-state index < -0.39 is 16.1 Å². The van der Waals surface area contributed by atoms with Crippen LogP contribution in [-0.4, -0.2) is 27.1 Å². The smallest absolute Gasteiger partial charge is 0.328 e. The number of nitrogen functional groups attached to an aromatic ring is 1. The maximum atomic E-state index is 13.2. The van der Waals surface area contributed by atoms with Crippen molar-refractivity contribution in [3.05, 3.63) is 72.3 Å². The second-order valence-corrected chi connectivity index (χ2v) is 9.54. The Hall–Kier alpha value is -3.36. The molecule has 0 aromatic heterocycles. The average Bonchev–Trinajstić information content (AvgIpc) is 3.61. The van der Waals surface area contributed by atoms with Crippen molar-refractivity contribution in [3.63, 3.8) is 0 Å². The van der Waals surface area contributed by atoms with Crippen LogP contribution in [0, 0.1) is 0 Å². The molecule has 4 N–H and O–H groups in total. The molecule has 1 aliphatic rings. The van der Waals surface area contributed by atoms with E-state index in [0.29, 0.717) is 24.3 Å². The van der Waals surface area contributed by atoms with Crippen LogP contribution < -0.4 is 15.8 Å². The van der Waals surface area contributed by atoms with Gasteiger partial charge in [-0.1, -0.05) is 60.7 Å². The van der Waals surface area contributed by atoms with Crippen molar-refractivity contribution < 1.29 is 17.9 Å². The highest BCUT2D eigenvalue weighted by atomic mass is 32.2. The third-order valence-electron chi connectivity index (χ3n) is 5.44. The van der Waals surface area contributed by atoms with Gasteiger partial charge >= 0.3 is 6.03 Å². The minimum absolute atomic E-state index is 0.0235. The predicted octanol–water partition coefficient (Wildman–Crippen LogP) is 4.29. The van der Waals surface area contributed by atoms with Crippen LogP contribution in [0.25, 0.3) is 22.3 Å². The van der Waals surface area contributed by atoms with Crippen LogP contribution in [-0.2, 0) is 21.4 Å². The van der Waals surface area contributed by atoms with E-state index in [9.17, 15) is 13.2 Å². The molecular formula is C25H27N3O4S. The molecule has 3 aromatic carbocycles. The number of nitrogens with two attached hydrogens (primary N) is 1. The largest absolute Gasteiger partial charge is 0.398 e. The summed E-state index contributed by atoms with van der Waals surface area (Å²) in [6, 6.07) is 19.6. The molecule has 4 rings (SSSR count). The number of ether oxygens (including phenoxy) is 1. The topological polar surface area (TPSA) is 111 Å². The van der Waals surface area contributed by atoms with Crippen molar-refractivity contribution in [2.75, 3.05) is 12.3 Å². The van der Waals surface area contributed by atoms with Crippen LogP contribution in [0.1, 0.15) is 25.3 Å². The van der Waals surface area contributed by atoms with E-state index in [1.807, 2.05) is 55.5 Å². The zero-order valence-electron chi connectivity index (χ0n) is 18.4. The summed E-state index contributed by atoms with van der Waals surface area (Å²) in [4.78, 5) is 12.1. The number of urea groups is 1. The van der Waals surface area contributed by atoms with E-state index in [4.69, 9.17) is 10.5 Å². The lowest BCUT2D eigenvalue weighted by Gasteiger charge is -2.18. The van der Waals surface area contributed by atoms with E-state index in [-0.39, 0.29) is 16.6 Å². The van der Waals surface area contributed by atoms with Crippen molar-refractivity contribution in [2.45, 2.75) is 37.3 Å². The molecule has 7 nitrogen and oxygen atoms in total. The minimum Gasteiger partial charge on any atom is -0.398 e. The third-order valence-corrected chi connectivity index (χ3v) is 6.89. The Labute approximate surface area is 194 Å². The van der Waals surface area contributed by atoms with Gasteiger partial charge in [0.2, 0.25) is 0 Å². The molecule has 2 amide bonds. The van der Waals surface area contributed by atoms with Gasteiger partial charge in [0.1, 0.15) is 4.90 Å². The van der Waals surface area contributed by atoms with Gasteiger partial charge in [0.15, 0.2) is 0 Å². The summed E-state index contributed by atoms with van der Waals surface area (Å²) in [5.41, 5.74) is 10.1. The molecule has 172 valence electrons. The molecule has 33 heavy (non-hydrogen) atoms. The Bertz CT molecular complexity index is 1270. The fourth-order valence-corrected chi connectivity index (χ4v) is 5.01. The first-order valence-corrected chi connectivity index (χ1v) is 12.4. The lowest BCUT2D eigenvalue weighted by atomic mass is 9.92. The number of hydrogen-bond donors (Lipinski definition) is 3. The first kappa shape index (κ1) is 22.8. The maximum absolute atomic E-state index is 13.2. The lowest BCUT2D eigenvalue weighted by molar-refractivity contribution is 0.134. The molecule has 0 radical (unpaired) electrons. The second kappa shape index (κ2) is 9.64. The highest BCUT2D eigenvalue weighted by Crippen LogP contribution is 2.39. The number of hydrogen-bond acceptors (Lipinski definition) is 5. The van der Waals surface area contributed by atoms with Crippen LogP contribution in [0.5, 0.6) is 0 Å². The SMILES string of the molecule is CCOCc1ccccc1-c1ccccc1-c1cccc(N)c1S(=O)(=O)NC(=O)NC1CC1. The maximum Gasteiger partial charge on any atom is 0.328 e. The predicted molar refractivity (Wildman–Crippen MR) is 129 cm³/mol. The summed E-state index contributed by atoms with van der Waals surface area (Å²) >= 11 is 0. The number of sulfonamides is 1. The average molecular weight is 466 g/mol. The fraction of sp³-hybridized carbons (Fsp3) is 0.240. The second-order valence-electron chi connectivity index (χ2n) is 7.92. The highest BCUT2D eigenvalue weighted by molar-refractivity contribution is 7.90. The first-order chi connectivity index (χ1) is 15.9. The van der Waals surface area contributed by atoms with Crippen molar-refractivity contribution in [2.24, 2.45) is 0 Å². The van der Waals surface area contributed by atoms with Gasteiger partial charge in [-0.2, -0.15) is 0 Å². The third kappa shape index (κ3) is 5.18. The van der Waals surface area contributed by atoms with Gasteiger partial charge in [-0.3, -0.25) is 0 Å². The summed E-state index contributed by atoms with van der Waals surface area (Å²) in [5, 5.41) is 2.64. The van der Waals surface area contributed by atoms with Gasteiger partial charge in [0.25, 0.3) is 10.0 Å². The van der Waals surface area contributed by atoms with E-state index in [0.717, 1.165) is 29.5 Å². The van der Waals surface area contributed by atoms with Gasteiger partial charge in [-0.15, -0.1) is 0 Å². The molecule has 1 saturated carbocycles. The zero-order valence-corrected chi connectivity index (χ0v) is 19.2. The monoisotopic (exact) mass is 465 g/mol. The number of carbonyl (C=O) groups excluding carboxylic acids is 1. The molecule has 0 heterocycles. The molecule has 0 unspecified atom stereocenters. The van der Waals surface area contributed by atoms with Crippen LogP contribution in [0.15, 0.2) is 71.6 Å². The highest BCUT2D eigenvalue weighted by Gasteiger charge is 2.29. The normalized spacial score (nSPS) is 13.5. The Morgan fingerprint density at radius 3 is 2.21 bits per heavy atom. The van der Waals surface area contributed by atoms with Crippen molar-refractivity contribution in [1.82, 2.24) is 10.0 Å². The lowest BCUT2D eigenvalue weighted by Crippen LogP contribution is -2.40. The Kier molecular flexibility index (Phi) is 6.67. The Morgan fingerprint density at radius 2 is 1.55 bits per heavy atom. The summed E-state index contributed by atoms with van der Waals surface area (Å²) in [7, 11) is -4.22. The van der Waals surface area contributed by atoms with Crippen molar-refractivity contribution in [3.8, 4) is 22.3 Å². The molecule has 0 spiro atoms. The molecule has 1 aliphatic carbocycles. The number of amides is 2. The van der Waals surface area contributed by atoms with Crippen molar-refractivity contribution >= 4 is 21.7 Å². The number of anilines is 1. The standard InChI is InChI=1S/C25H27N3O4S/c1-2-32-16-17-8-3-4-9-19(17)20-10-5-6-11-21(20)22-12-7-13-23(26)24(22)33(30,31)28-25(29)27-18-14-15-18/h3-13,18H,2,14-16,26H2,1H3,(H2,27,28,29). The van der Waals surface area contributed by atoms with Gasteiger partial charge in [0, 0.05) is 18.2 Å². The summed E-state index contributed by atoms with van der Waals surface area (Å²) in [6.45, 7) is 2.96. The van der Waals surface area contributed by atoms with Gasteiger partial charge < -0.3 is 15.8 Å². The van der Waals surface area contributed by atoms with Crippen LogP contribution in [0.4, 0.5) is 10.5 Å². The van der Waals surface area contributed by atoms with E-state index >= 15 is 0 Å². The molecule has 0 aliphatic heterocycles. The molecule has 0 atom stereocenters. The fourth-order valence-electron chi connectivity index (χ4n) is 3.76. The molecular weight excluding hydrogens is 438 g/mol. The van der Waals surface area contributed by atoms with Crippen LogP contribution in [0.3, 0.4) is 0 Å². The molecule has 1 fully saturated rings. The minimum atomic E-state index is -4.22. The molecule has 0 bridgehead atoms. The van der Waals surface area contributed by atoms with E-state index in [1.165, 1.54) is 6.07 Å². The quantitative estimate of drug-likeness (QED) is 0.430. The van der Waals surface area contributed by atoms with E-state index in [1.54, 1.807) is 12.1 Å². The number of carbonyl (C=O) groups is 1. The summed E-state index contributed by atoms with van der Waals surface area (Å²) in [6.07, 6.45) is 1.70. The number of benzene rings is 3. The van der Waals surface area contributed by atoms with Gasteiger partial charge in [-0.25, -0.2) is 17.9 Å². The van der Waals surface area contributed by atoms with Gasteiger partial charge in [-0.05, 0) is 48.1 Å². The van der Waals surface area contributed by atoms with E-state index in [2.05, 4.69) is 10.0 Å². The summed E-state index contributed by atoms with van der Waals surface area (Å²) < 4.78 is 34.2. The van der Waals surface area contributed by atoms with Crippen molar-refractivity contribution in [1.29, 1.82) is 0 Å². The molecule has 3 aromatic rings. The number of rotatable bonds is 8. The first-order valence-electron chi connectivity index (χ1n) is 10.9. The zero-order chi connectivity index (χ0) is 23.4. The van der Waals surface area contributed by atoms with Gasteiger partial charge in [0.05, 0.1) is 12.3 Å². The summed E-state index contributed by atoms with van der Waals surface area (Å²) in [5.74, 6) is 0. The van der Waals surface area contributed by atoms with Crippen LogP contribution in [0.2, 0.25) is 0 Å². The molecule has 8 heteroatoms. The Balaban J connectivity index is 1.81.